The molecule has 0 atom stereocenters. The summed E-state index contributed by atoms with van der Waals surface area (Å²) in [5.74, 6) is 4.94. The Morgan fingerprint density at radius 1 is 0.459 bits per heavy atom. The summed E-state index contributed by atoms with van der Waals surface area (Å²) in [4.78, 5) is 9.60. The number of fused-ring (bicyclic) bond motifs is 3. The fourth-order valence-electron chi connectivity index (χ4n) is 4.22. The van der Waals surface area contributed by atoms with Crippen LogP contribution in [0.3, 0.4) is 0 Å². The minimum absolute atomic E-state index is 0.210. The van der Waals surface area contributed by atoms with Crippen LogP contribution in [0.2, 0.25) is 0 Å². The van der Waals surface area contributed by atoms with Gasteiger partial charge in [-0.3, -0.25) is 0 Å². The lowest BCUT2D eigenvalue weighted by Crippen LogP contribution is -1.95. The highest BCUT2D eigenvalue weighted by Crippen LogP contribution is 2.36. The van der Waals surface area contributed by atoms with Gasteiger partial charge in [-0.05, 0) is 71.8 Å². The summed E-state index contributed by atoms with van der Waals surface area (Å²) < 4.78 is 32.8. The van der Waals surface area contributed by atoms with E-state index in [0.717, 1.165) is 51.1 Å². The largest absolute Gasteiger partial charge is 0.454 e. The number of hydrogen-bond donors (Lipinski definition) is 0. The van der Waals surface area contributed by atoms with Crippen molar-refractivity contribution in [1.29, 1.82) is 0 Å². The molecule has 3 aromatic carbocycles. The Balaban J connectivity index is 1.24. The van der Waals surface area contributed by atoms with Gasteiger partial charge >= 0.3 is 0 Å². The third-order valence-electron chi connectivity index (χ3n) is 6.08. The van der Waals surface area contributed by atoms with E-state index in [0.29, 0.717) is 17.3 Å². The SMILES string of the molecule is C(=C/c1cc(/C=C/c2ccc3c(c2)OCO3)nc(-c2ccc3c(c2)OCO3)n1)/c1ccc2c(c1)OCO2. The first-order valence-corrected chi connectivity index (χ1v) is 11.7. The lowest BCUT2D eigenvalue weighted by molar-refractivity contribution is 0.173. The molecule has 7 rings (SSSR count). The molecular weight excluding hydrogens is 472 g/mol. The molecule has 182 valence electrons. The first kappa shape index (κ1) is 21.3. The topological polar surface area (TPSA) is 81.2 Å². The van der Waals surface area contributed by atoms with E-state index >= 15 is 0 Å². The molecule has 4 aromatic rings. The molecule has 0 saturated heterocycles. The van der Waals surface area contributed by atoms with Crippen LogP contribution in [0.15, 0.2) is 60.7 Å². The quantitative estimate of drug-likeness (QED) is 0.353. The maximum Gasteiger partial charge on any atom is 0.231 e. The molecule has 8 nitrogen and oxygen atoms in total. The van der Waals surface area contributed by atoms with Gasteiger partial charge in [-0.25, -0.2) is 9.97 Å². The van der Waals surface area contributed by atoms with E-state index in [1.54, 1.807) is 0 Å². The van der Waals surface area contributed by atoms with Crippen molar-refractivity contribution in [2.75, 3.05) is 20.4 Å². The van der Waals surface area contributed by atoms with Gasteiger partial charge in [0.25, 0.3) is 0 Å². The van der Waals surface area contributed by atoms with Gasteiger partial charge in [0.1, 0.15) is 0 Å². The Bertz CT molecular complexity index is 1490. The summed E-state index contributed by atoms with van der Waals surface area (Å²) >= 11 is 0. The van der Waals surface area contributed by atoms with Crippen LogP contribution in [0.4, 0.5) is 0 Å². The van der Waals surface area contributed by atoms with Crippen molar-refractivity contribution in [3.8, 4) is 45.9 Å². The molecule has 0 aliphatic carbocycles. The summed E-state index contributed by atoms with van der Waals surface area (Å²) in [5, 5.41) is 0. The molecule has 1 aromatic heterocycles. The van der Waals surface area contributed by atoms with E-state index < -0.39 is 0 Å². The first-order valence-electron chi connectivity index (χ1n) is 11.7. The lowest BCUT2D eigenvalue weighted by atomic mass is 10.1. The molecule has 0 saturated carbocycles. The molecule has 37 heavy (non-hydrogen) atoms. The second kappa shape index (κ2) is 8.91. The highest BCUT2D eigenvalue weighted by molar-refractivity contribution is 5.75. The van der Waals surface area contributed by atoms with Gasteiger partial charge in [0.15, 0.2) is 40.3 Å². The molecule has 0 fully saturated rings. The van der Waals surface area contributed by atoms with Crippen molar-refractivity contribution in [3.63, 3.8) is 0 Å². The summed E-state index contributed by atoms with van der Waals surface area (Å²) in [6, 6.07) is 19.3. The van der Waals surface area contributed by atoms with E-state index in [9.17, 15) is 0 Å². The average Bonchev–Trinajstić information content (AvgIpc) is 3.70. The Morgan fingerprint density at radius 3 is 1.46 bits per heavy atom. The third kappa shape index (κ3) is 4.29. The molecule has 0 radical (unpaired) electrons. The van der Waals surface area contributed by atoms with E-state index in [1.165, 1.54) is 0 Å². The number of benzene rings is 3. The normalized spacial score (nSPS) is 14.7. The van der Waals surface area contributed by atoms with Crippen LogP contribution in [0, 0.1) is 0 Å². The summed E-state index contributed by atoms with van der Waals surface area (Å²) in [6.07, 6.45) is 7.87. The minimum atomic E-state index is 0.210. The molecule has 0 unspecified atom stereocenters. The van der Waals surface area contributed by atoms with Crippen molar-refractivity contribution in [2.45, 2.75) is 0 Å². The number of rotatable bonds is 5. The van der Waals surface area contributed by atoms with Gasteiger partial charge in [-0.15, -0.1) is 0 Å². The fourth-order valence-corrected chi connectivity index (χ4v) is 4.22. The standard InChI is InChI=1S/C29H20N2O6/c1(18-3-8-23-26(11-18)35-15-32-23)6-21-14-22(7-2-19-4-9-24-27(12-19)36-16-33-24)31-29(30-21)20-5-10-25-28(13-20)37-17-34-25/h1-14H,15-17H2/b6-1-,7-2+. The second-order valence-electron chi connectivity index (χ2n) is 8.50. The number of ether oxygens (including phenoxy) is 6. The van der Waals surface area contributed by atoms with Crippen LogP contribution in [-0.2, 0) is 0 Å². The summed E-state index contributed by atoms with van der Waals surface area (Å²) in [7, 11) is 0. The van der Waals surface area contributed by atoms with Crippen molar-refractivity contribution >= 4 is 24.3 Å². The Labute approximate surface area is 212 Å². The Hall–Kier alpha value is -4.98. The van der Waals surface area contributed by atoms with Gasteiger partial charge in [0.05, 0.1) is 11.4 Å². The van der Waals surface area contributed by atoms with Gasteiger partial charge in [-0.2, -0.15) is 0 Å². The zero-order chi connectivity index (χ0) is 24.6. The van der Waals surface area contributed by atoms with Crippen molar-refractivity contribution in [3.05, 3.63) is 83.2 Å². The van der Waals surface area contributed by atoms with Crippen LogP contribution in [0.25, 0.3) is 35.7 Å². The third-order valence-corrected chi connectivity index (χ3v) is 6.08. The molecule has 0 spiro atoms. The molecule has 4 heterocycles. The van der Waals surface area contributed by atoms with Crippen LogP contribution in [-0.4, -0.2) is 30.3 Å². The van der Waals surface area contributed by atoms with E-state index in [2.05, 4.69) is 0 Å². The van der Waals surface area contributed by atoms with Gasteiger partial charge < -0.3 is 28.4 Å². The minimum Gasteiger partial charge on any atom is -0.454 e. The maximum absolute atomic E-state index is 5.55. The summed E-state index contributed by atoms with van der Waals surface area (Å²) in [6.45, 7) is 0.695. The predicted molar refractivity (Wildman–Crippen MR) is 137 cm³/mol. The highest BCUT2D eigenvalue weighted by Gasteiger charge is 2.16. The molecule has 0 amide bonds. The van der Waals surface area contributed by atoms with Crippen LogP contribution >= 0.6 is 0 Å². The zero-order valence-electron chi connectivity index (χ0n) is 19.5. The molecular formula is C29H20N2O6. The van der Waals surface area contributed by atoms with Crippen molar-refractivity contribution < 1.29 is 28.4 Å². The molecule has 8 heteroatoms. The monoisotopic (exact) mass is 492 g/mol. The Kier molecular flexibility index (Phi) is 5.13. The first-order chi connectivity index (χ1) is 18.3. The van der Waals surface area contributed by atoms with Crippen LogP contribution < -0.4 is 28.4 Å². The fraction of sp³-hybridized carbons (Fsp3) is 0.103. The number of aromatic nitrogens is 2. The van der Waals surface area contributed by atoms with Crippen molar-refractivity contribution in [1.82, 2.24) is 9.97 Å². The molecule has 3 aliphatic rings. The zero-order valence-corrected chi connectivity index (χ0v) is 19.5. The van der Waals surface area contributed by atoms with Gasteiger partial charge in [0, 0.05) is 5.56 Å². The van der Waals surface area contributed by atoms with Gasteiger partial charge in [0.2, 0.25) is 20.4 Å². The summed E-state index contributed by atoms with van der Waals surface area (Å²) in [5.41, 5.74) is 4.30. The van der Waals surface area contributed by atoms with Crippen LogP contribution in [0.5, 0.6) is 34.5 Å². The van der Waals surface area contributed by atoms with E-state index in [-0.39, 0.29) is 20.4 Å². The van der Waals surface area contributed by atoms with Crippen LogP contribution in [0.1, 0.15) is 22.5 Å². The van der Waals surface area contributed by atoms with E-state index in [1.807, 2.05) is 85.0 Å². The van der Waals surface area contributed by atoms with E-state index in [4.69, 9.17) is 38.4 Å². The highest BCUT2D eigenvalue weighted by atomic mass is 16.7. The average molecular weight is 492 g/mol. The lowest BCUT2D eigenvalue weighted by Gasteiger charge is -2.06. The maximum atomic E-state index is 5.55. The molecule has 0 bridgehead atoms. The number of hydrogen-bond acceptors (Lipinski definition) is 8. The second-order valence-corrected chi connectivity index (χ2v) is 8.50. The smallest absolute Gasteiger partial charge is 0.231 e. The van der Waals surface area contributed by atoms with Crippen molar-refractivity contribution in [2.24, 2.45) is 0 Å². The van der Waals surface area contributed by atoms with Gasteiger partial charge in [-0.1, -0.05) is 24.3 Å². The predicted octanol–water partition coefficient (Wildman–Crippen LogP) is 5.67. The number of nitrogens with zero attached hydrogens (tertiary/aromatic N) is 2. The molecule has 3 aliphatic heterocycles. The molecule has 0 N–H and O–H groups in total. The Morgan fingerprint density at radius 2 is 0.919 bits per heavy atom.